The summed E-state index contributed by atoms with van der Waals surface area (Å²) < 4.78 is 1.58. The Bertz CT molecular complexity index is 784. The number of nitrogens with one attached hydrogen (secondary N) is 1. The molecule has 0 bridgehead atoms. The van der Waals surface area contributed by atoms with Gasteiger partial charge < -0.3 is 5.32 Å². The lowest BCUT2D eigenvalue weighted by atomic mass is 10.1. The zero-order valence-corrected chi connectivity index (χ0v) is 14.8. The van der Waals surface area contributed by atoms with E-state index in [1.165, 1.54) is 0 Å². The van der Waals surface area contributed by atoms with Crippen molar-refractivity contribution in [3.63, 3.8) is 0 Å². The molecular formula is C16H17Cl2N3O2. The number of halogens is 2. The van der Waals surface area contributed by atoms with Crippen LogP contribution in [0.25, 0.3) is 0 Å². The van der Waals surface area contributed by atoms with E-state index < -0.39 is 11.7 Å². The van der Waals surface area contributed by atoms with E-state index in [4.69, 9.17) is 23.2 Å². The molecular weight excluding hydrogens is 337 g/mol. The molecule has 1 amide bonds. The van der Waals surface area contributed by atoms with Gasteiger partial charge in [-0.15, -0.1) is 0 Å². The van der Waals surface area contributed by atoms with E-state index in [1.54, 1.807) is 50.7 Å². The summed E-state index contributed by atoms with van der Waals surface area (Å²) in [5.74, 6) is -1.28. The Morgan fingerprint density at radius 3 is 2.39 bits per heavy atom. The molecule has 1 aromatic heterocycles. The van der Waals surface area contributed by atoms with Gasteiger partial charge >= 0.3 is 0 Å². The van der Waals surface area contributed by atoms with Crippen LogP contribution < -0.4 is 5.32 Å². The Morgan fingerprint density at radius 1 is 1.22 bits per heavy atom. The Morgan fingerprint density at radius 2 is 1.87 bits per heavy atom. The zero-order chi connectivity index (χ0) is 17.3. The van der Waals surface area contributed by atoms with Crippen LogP contribution in [0, 0.1) is 13.8 Å². The molecule has 0 aliphatic carbocycles. The van der Waals surface area contributed by atoms with E-state index in [-0.39, 0.29) is 6.04 Å². The van der Waals surface area contributed by atoms with Crippen LogP contribution in [0.2, 0.25) is 10.0 Å². The molecule has 2 rings (SSSR count). The molecule has 1 atom stereocenters. The van der Waals surface area contributed by atoms with Crippen LogP contribution in [-0.4, -0.2) is 21.5 Å². The Kier molecular flexibility index (Phi) is 5.12. The summed E-state index contributed by atoms with van der Waals surface area (Å²) >= 11 is 11.9. The molecule has 23 heavy (non-hydrogen) atoms. The maximum atomic E-state index is 12.4. The SMILES string of the molecule is Cc1nn(C)c(C)c1C(=O)C(=O)NC(C)c1ccc(Cl)c(Cl)c1. The third-order valence-corrected chi connectivity index (χ3v) is 4.47. The first-order valence-electron chi connectivity index (χ1n) is 7.02. The van der Waals surface area contributed by atoms with Gasteiger partial charge in [-0.1, -0.05) is 29.3 Å². The van der Waals surface area contributed by atoms with Gasteiger partial charge in [0.15, 0.2) is 0 Å². The minimum Gasteiger partial charge on any atom is -0.343 e. The predicted molar refractivity (Wildman–Crippen MR) is 90.0 cm³/mol. The van der Waals surface area contributed by atoms with Gasteiger partial charge in [0.05, 0.1) is 27.3 Å². The van der Waals surface area contributed by atoms with Crippen molar-refractivity contribution in [1.29, 1.82) is 0 Å². The first kappa shape index (κ1) is 17.5. The molecule has 5 nitrogen and oxygen atoms in total. The highest BCUT2D eigenvalue weighted by molar-refractivity contribution is 6.43. The Balaban J connectivity index is 2.17. The molecule has 1 aromatic carbocycles. The molecule has 0 fully saturated rings. The lowest BCUT2D eigenvalue weighted by molar-refractivity contribution is -0.117. The predicted octanol–water partition coefficient (Wildman–Crippen LogP) is 3.40. The second kappa shape index (κ2) is 6.72. The molecule has 0 radical (unpaired) electrons. The summed E-state index contributed by atoms with van der Waals surface area (Å²) in [4.78, 5) is 24.6. The molecule has 1 heterocycles. The van der Waals surface area contributed by atoms with Crippen LogP contribution in [0.4, 0.5) is 0 Å². The highest BCUT2D eigenvalue weighted by Crippen LogP contribution is 2.25. The van der Waals surface area contributed by atoms with Crippen LogP contribution in [0.5, 0.6) is 0 Å². The molecule has 0 spiro atoms. The average Bonchev–Trinajstić information content (AvgIpc) is 2.74. The average molecular weight is 354 g/mol. The van der Waals surface area contributed by atoms with Crippen molar-refractivity contribution in [3.8, 4) is 0 Å². The van der Waals surface area contributed by atoms with Crippen molar-refractivity contribution in [3.05, 3.63) is 50.8 Å². The highest BCUT2D eigenvalue weighted by atomic mass is 35.5. The number of benzene rings is 1. The lowest BCUT2D eigenvalue weighted by Crippen LogP contribution is -2.33. The third-order valence-electron chi connectivity index (χ3n) is 3.73. The lowest BCUT2D eigenvalue weighted by Gasteiger charge is -2.14. The molecule has 0 aliphatic rings. The zero-order valence-electron chi connectivity index (χ0n) is 13.3. The number of carbonyl (C=O) groups is 2. The first-order valence-corrected chi connectivity index (χ1v) is 7.78. The smallest absolute Gasteiger partial charge is 0.293 e. The highest BCUT2D eigenvalue weighted by Gasteiger charge is 2.25. The van der Waals surface area contributed by atoms with Crippen LogP contribution >= 0.6 is 23.2 Å². The van der Waals surface area contributed by atoms with Crippen LogP contribution in [-0.2, 0) is 11.8 Å². The fourth-order valence-corrected chi connectivity index (χ4v) is 2.65. The number of aryl methyl sites for hydroxylation is 2. The third kappa shape index (κ3) is 3.57. The van der Waals surface area contributed by atoms with Crippen molar-refractivity contribution in [2.24, 2.45) is 7.05 Å². The fraction of sp³-hybridized carbons (Fsp3) is 0.312. The number of rotatable bonds is 4. The molecule has 0 saturated carbocycles. The van der Waals surface area contributed by atoms with Crippen molar-refractivity contribution >= 4 is 34.9 Å². The minimum absolute atomic E-state index is 0.339. The number of Topliss-reactive ketones (excluding diaryl/α,β-unsaturated/α-hetero) is 1. The van der Waals surface area contributed by atoms with E-state index >= 15 is 0 Å². The van der Waals surface area contributed by atoms with Gasteiger partial charge in [-0.3, -0.25) is 14.3 Å². The summed E-state index contributed by atoms with van der Waals surface area (Å²) in [5.41, 5.74) is 2.30. The topological polar surface area (TPSA) is 64.0 Å². The van der Waals surface area contributed by atoms with Gasteiger partial charge in [-0.05, 0) is 38.5 Å². The molecule has 122 valence electrons. The second-order valence-electron chi connectivity index (χ2n) is 5.37. The number of carbonyl (C=O) groups excluding carboxylic acids is 2. The van der Waals surface area contributed by atoms with Crippen LogP contribution in [0.1, 0.15) is 40.3 Å². The number of amides is 1. The van der Waals surface area contributed by atoms with E-state index in [1.807, 2.05) is 0 Å². The largest absolute Gasteiger partial charge is 0.343 e. The monoisotopic (exact) mass is 353 g/mol. The summed E-state index contributed by atoms with van der Waals surface area (Å²) in [6.07, 6.45) is 0. The summed E-state index contributed by atoms with van der Waals surface area (Å²) in [7, 11) is 1.73. The summed E-state index contributed by atoms with van der Waals surface area (Å²) in [6.45, 7) is 5.23. The summed E-state index contributed by atoms with van der Waals surface area (Å²) in [5, 5.41) is 7.67. The van der Waals surface area contributed by atoms with Gasteiger partial charge in [-0.25, -0.2) is 0 Å². The van der Waals surface area contributed by atoms with Crippen LogP contribution in [0.3, 0.4) is 0 Å². The molecule has 7 heteroatoms. The minimum atomic E-state index is -0.678. The van der Waals surface area contributed by atoms with E-state index in [0.29, 0.717) is 27.0 Å². The van der Waals surface area contributed by atoms with Gasteiger partial charge in [0, 0.05) is 12.7 Å². The van der Waals surface area contributed by atoms with Gasteiger partial charge in [0.1, 0.15) is 0 Å². The van der Waals surface area contributed by atoms with Crippen molar-refractivity contribution in [1.82, 2.24) is 15.1 Å². The number of nitrogens with zero attached hydrogens (tertiary/aromatic N) is 2. The van der Waals surface area contributed by atoms with Gasteiger partial charge in [0.25, 0.3) is 11.7 Å². The Labute approximate surface area is 144 Å². The maximum absolute atomic E-state index is 12.4. The first-order chi connectivity index (χ1) is 10.7. The number of aromatic nitrogens is 2. The van der Waals surface area contributed by atoms with E-state index in [9.17, 15) is 9.59 Å². The normalized spacial score (nSPS) is 12.1. The molecule has 0 aliphatic heterocycles. The molecule has 0 saturated heterocycles. The number of hydrogen-bond donors (Lipinski definition) is 1. The van der Waals surface area contributed by atoms with E-state index in [2.05, 4.69) is 10.4 Å². The Hall–Kier alpha value is -1.85. The molecule has 1 unspecified atom stereocenters. The van der Waals surface area contributed by atoms with Crippen molar-refractivity contribution in [2.75, 3.05) is 0 Å². The number of ketones is 1. The quantitative estimate of drug-likeness (QED) is 0.676. The summed E-state index contributed by atoms with van der Waals surface area (Å²) in [6, 6.07) is 4.70. The standard InChI is InChI=1S/C16H17Cl2N3O2/c1-8(11-5-6-12(17)13(18)7-11)19-16(23)15(22)14-9(2)20-21(4)10(14)3/h5-8H,1-4H3,(H,19,23). The van der Waals surface area contributed by atoms with Gasteiger partial charge in [0.2, 0.25) is 0 Å². The maximum Gasteiger partial charge on any atom is 0.293 e. The van der Waals surface area contributed by atoms with Gasteiger partial charge in [-0.2, -0.15) is 5.10 Å². The molecule has 2 aromatic rings. The number of hydrogen-bond acceptors (Lipinski definition) is 3. The van der Waals surface area contributed by atoms with E-state index in [0.717, 1.165) is 5.56 Å². The van der Waals surface area contributed by atoms with Crippen molar-refractivity contribution in [2.45, 2.75) is 26.8 Å². The molecule has 1 N–H and O–H groups in total. The van der Waals surface area contributed by atoms with Crippen LogP contribution in [0.15, 0.2) is 18.2 Å². The second-order valence-corrected chi connectivity index (χ2v) is 6.18. The van der Waals surface area contributed by atoms with Crippen molar-refractivity contribution < 1.29 is 9.59 Å². The fourth-order valence-electron chi connectivity index (χ4n) is 2.34.